The molecule has 0 radical (unpaired) electrons. The highest BCUT2D eigenvalue weighted by molar-refractivity contribution is 5.80. The maximum atomic E-state index is 12.5. The number of carbonyl (C=O) groups is 1. The molecule has 5 saturated carbocycles. The van der Waals surface area contributed by atoms with E-state index in [-0.39, 0.29) is 22.5 Å². The van der Waals surface area contributed by atoms with Gasteiger partial charge in [-0.2, -0.15) is 0 Å². The Bertz CT molecular complexity index is 745. The van der Waals surface area contributed by atoms with Gasteiger partial charge in [0.05, 0.1) is 6.10 Å². The largest absolute Gasteiger partial charge is 0.392 e. The summed E-state index contributed by atoms with van der Waals surface area (Å²) in [6.45, 7) is 11.1. The zero-order valence-electron chi connectivity index (χ0n) is 18.6. The third-order valence-corrected chi connectivity index (χ3v) is 11.2. The average Bonchev–Trinajstić information content (AvgIpc) is 3.19. The van der Waals surface area contributed by atoms with Crippen molar-refractivity contribution in [3.63, 3.8) is 0 Å². The minimum absolute atomic E-state index is 0.0391. The van der Waals surface area contributed by atoms with E-state index in [1.54, 1.807) is 6.92 Å². The third-order valence-electron chi connectivity index (χ3n) is 11.2. The zero-order valence-corrected chi connectivity index (χ0v) is 18.6. The Kier molecular flexibility index (Phi) is 3.80. The van der Waals surface area contributed by atoms with Crippen LogP contribution in [-0.2, 0) is 4.79 Å². The number of aliphatic hydroxyl groups excluding tert-OH is 1. The number of fused-ring (bicyclic) bond motifs is 2. The van der Waals surface area contributed by atoms with E-state index in [9.17, 15) is 9.90 Å². The van der Waals surface area contributed by atoms with Crippen molar-refractivity contribution in [3.8, 4) is 0 Å². The van der Waals surface area contributed by atoms with E-state index < -0.39 is 6.10 Å². The smallest absolute Gasteiger partial charge is 0.136 e. The van der Waals surface area contributed by atoms with Gasteiger partial charge in [0.15, 0.2) is 0 Å². The number of hydrogen-bond donors (Lipinski definition) is 1. The van der Waals surface area contributed by atoms with Crippen molar-refractivity contribution < 1.29 is 9.90 Å². The number of nitrogens with zero attached hydrogens (tertiary/aromatic N) is 1. The van der Waals surface area contributed by atoms with Gasteiger partial charge in [0, 0.05) is 12.0 Å². The molecular formula is C25H39NO2. The molecule has 156 valence electrons. The quantitative estimate of drug-likeness (QED) is 0.714. The Hall–Kier alpha value is -0.670. The Morgan fingerprint density at radius 3 is 2.43 bits per heavy atom. The highest BCUT2D eigenvalue weighted by Gasteiger charge is 2.81. The predicted octanol–water partition coefficient (Wildman–Crippen LogP) is 4.45. The molecule has 5 aliphatic rings. The van der Waals surface area contributed by atoms with Crippen molar-refractivity contribution in [1.82, 2.24) is 4.90 Å². The van der Waals surface area contributed by atoms with E-state index in [2.05, 4.69) is 39.4 Å². The topological polar surface area (TPSA) is 40.5 Å². The van der Waals surface area contributed by atoms with E-state index in [0.717, 1.165) is 12.8 Å². The van der Waals surface area contributed by atoms with Crippen LogP contribution in [0.2, 0.25) is 0 Å². The van der Waals surface area contributed by atoms with Gasteiger partial charge in [0.2, 0.25) is 0 Å². The molecule has 0 aromatic carbocycles. The summed E-state index contributed by atoms with van der Waals surface area (Å²) in [4.78, 5) is 14.9. The lowest BCUT2D eigenvalue weighted by Crippen LogP contribution is -2.55. The molecule has 9 atom stereocenters. The van der Waals surface area contributed by atoms with Crippen LogP contribution in [0.3, 0.4) is 0 Å². The molecule has 5 fully saturated rings. The average molecular weight is 386 g/mol. The molecule has 0 aliphatic heterocycles. The summed E-state index contributed by atoms with van der Waals surface area (Å²) in [6, 6.07) is 0.546. The first-order valence-electron chi connectivity index (χ1n) is 11.6. The lowest BCUT2D eigenvalue weighted by molar-refractivity contribution is -0.141. The first-order chi connectivity index (χ1) is 13.0. The van der Waals surface area contributed by atoms with Crippen molar-refractivity contribution in [2.45, 2.75) is 84.3 Å². The second kappa shape index (κ2) is 5.52. The normalized spacial score (nSPS) is 57.2. The van der Waals surface area contributed by atoms with Crippen molar-refractivity contribution in [1.29, 1.82) is 0 Å². The summed E-state index contributed by atoms with van der Waals surface area (Å²) in [7, 11) is 4.41. The van der Waals surface area contributed by atoms with Gasteiger partial charge < -0.3 is 10.0 Å². The maximum absolute atomic E-state index is 12.5. The summed E-state index contributed by atoms with van der Waals surface area (Å²) in [5.41, 5.74) is 2.48. The maximum Gasteiger partial charge on any atom is 0.136 e. The molecule has 2 spiro atoms. The van der Waals surface area contributed by atoms with Gasteiger partial charge in [0.25, 0.3) is 0 Å². The van der Waals surface area contributed by atoms with Crippen LogP contribution in [-0.4, -0.2) is 42.0 Å². The molecule has 0 amide bonds. The third kappa shape index (κ3) is 1.92. The number of aliphatic hydroxyl groups is 1. The first kappa shape index (κ1) is 19.3. The number of likely N-dealkylation sites (N-methyl/N-ethyl adjacent to an activating group) is 1. The highest BCUT2D eigenvalue weighted by Crippen LogP contribution is 2.87. The summed E-state index contributed by atoms with van der Waals surface area (Å²) >= 11 is 0. The van der Waals surface area contributed by atoms with Crippen LogP contribution in [0.5, 0.6) is 0 Å². The van der Waals surface area contributed by atoms with Crippen molar-refractivity contribution in [2.24, 2.45) is 39.4 Å². The summed E-state index contributed by atoms with van der Waals surface area (Å²) in [5, 5.41) is 10.9. The van der Waals surface area contributed by atoms with Crippen molar-refractivity contribution in [3.05, 3.63) is 12.2 Å². The van der Waals surface area contributed by atoms with Crippen LogP contribution >= 0.6 is 0 Å². The standard InChI is InChI=1S/C25H39NO2/c1-15-17-7-8-20-23(4)13-19(28)21(16(2)27)22(23,3)11-12-25(20)14-24(17,25)10-9-18(15)26(5)6/h17-21,28H,1,7-14H2,2-6H3/t17?,18-,19+,20-,21-,22+,23-,24+,25-/m0/s1. The number of ketones is 1. The van der Waals surface area contributed by atoms with Gasteiger partial charge in [-0.05, 0) is 106 Å². The molecule has 28 heavy (non-hydrogen) atoms. The second-order valence-electron chi connectivity index (χ2n) is 12.0. The molecule has 0 aromatic heterocycles. The summed E-state index contributed by atoms with van der Waals surface area (Å²) < 4.78 is 0. The van der Waals surface area contributed by atoms with E-state index in [1.165, 1.54) is 44.1 Å². The number of Topliss-reactive ketones (excluding diaryl/α,β-unsaturated/α-hetero) is 1. The molecule has 1 unspecified atom stereocenters. The molecule has 0 heterocycles. The second-order valence-corrected chi connectivity index (χ2v) is 12.0. The molecule has 0 aromatic rings. The van der Waals surface area contributed by atoms with Crippen LogP contribution in [0.15, 0.2) is 12.2 Å². The predicted molar refractivity (Wildman–Crippen MR) is 112 cm³/mol. The number of rotatable bonds is 2. The van der Waals surface area contributed by atoms with Crippen LogP contribution < -0.4 is 0 Å². The first-order valence-corrected chi connectivity index (χ1v) is 11.6. The van der Waals surface area contributed by atoms with Crippen LogP contribution in [0.4, 0.5) is 0 Å². The van der Waals surface area contributed by atoms with E-state index in [1.807, 2.05) is 0 Å². The monoisotopic (exact) mass is 385 g/mol. The highest BCUT2D eigenvalue weighted by atomic mass is 16.3. The Morgan fingerprint density at radius 2 is 1.79 bits per heavy atom. The van der Waals surface area contributed by atoms with Gasteiger partial charge in [-0.25, -0.2) is 0 Å². The molecule has 0 bridgehead atoms. The van der Waals surface area contributed by atoms with Crippen molar-refractivity contribution >= 4 is 5.78 Å². The lowest BCUT2D eigenvalue weighted by atomic mass is 9.43. The SMILES string of the molecule is C=C1C2CC[C@@H]3[C@]4(CC[C@]5(C)[C@@H](C(C)=O)[C@H](O)C[C@@]35C)C[C@]24CC[C@@H]1N(C)C. The Balaban J connectivity index is 1.52. The van der Waals surface area contributed by atoms with Gasteiger partial charge in [-0.15, -0.1) is 0 Å². The van der Waals surface area contributed by atoms with Gasteiger partial charge in [0.1, 0.15) is 5.78 Å². The van der Waals surface area contributed by atoms with Crippen LogP contribution in [0, 0.1) is 39.4 Å². The Morgan fingerprint density at radius 1 is 1.07 bits per heavy atom. The molecule has 5 rings (SSSR count). The van der Waals surface area contributed by atoms with E-state index in [0.29, 0.717) is 28.7 Å². The van der Waals surface area contributed by atoms with Crippen molar-refractivity contribution in [2.75, 3.05) is 14.1 Å². The molecule has 0 saturated heterocycles. The Labute approximate surface area is 170 Å². The van der Waals surface area contributed by atoms with E-state index in [4.69, 9.17) is 0 Å². The molecule has 3 heteroatoms. The molecular weight excluding hydrogens is 346 g/mol. The van der Waals surface area contributed by atoms with E-state index >= 15 is 0 Å². The fourth-order valence-corrected chi connectivity index (χ4v) is 9.99. The van der Waals surface area contributed by atoms with Gasteiger partial charge in [-0.1, -0.05) is 26.0 Å². The fourth-order valence-electron chi connectivity index (χ4n) is 9.99. The lowest BCUT2D eigenvalue weighted by Gasteiger charge is -2.61. The van der Waals surface area contributed by atoms with Crippen LogP contribution in [0.25, 0.3) is 0 Å². The zero-order chi connectivity index (χ0) is 20.3. The van der Waals surface area contributed by atoms with Gasteiger partial charge in [-0.3, -0.25) is 4.79 Å². The number of carbonyl (C=O) groups excluding carboxylic acids is 1. The van der Waals surface area contributed by atoms with Gasteiger partial charge >= 0.3 is 0 Å². The minimum atomic E-state index is -0.450. The molecule has 3 nitrogen and oxygen atoms in total. The minimum Gasteiger partial charge on any atom is -0.392 e. The molecule has 5 aliphatic carbocycles. The van der Waals surface area contributed by atoms with Crippen LogP contribution in [0.1, 0.15) is 72.1 Å². The summed E-state index contributed by atoms with van der Waals surface area (Å²) in [5.74, 6) is 1.39. The number of hydrogen-bond acceptors (Lipinski definition) is 3. The summed E-state index contributed by atoms with van der Waals surface area (Å²) in [6.07, 6.45) is 9.25. The molecule has 1 N–H and O–H groups in total. The fraction of sp³-hybridized carbons (Fsp3) is 0.880.